The van der Waals surface area contributed by atoms with E-state index in [1.54, 1.807) is 19.9 Å². The summed E-state index contributed by atoms with van der Waals surface area (Å²) in [6.45, 7) is 3.30. The molecule has 1 aliphatic rings. The lowest BCUT2D eigenvalue weighted by molar-refractivity contribution is -0.384. The maximum Gasteiger partial charge on any atom is 0.336 e. The largest absolute Gasteiger partial charge is 0.478 e. The monoisotopic (exact) mass is 394 g/mol. The summed E-state index contributed by atoms with van der Waals surface area (Å²) < 4.78 is 5.21. The number of benzene rings is 1. The zero-order valence-electron chi connectivity index (χ0n) is 14.8. The first-order valence-electron chi connectivity index (χ1n) is 8.17. The third kappa shape index (κ3) is 4.46. The molecule has 1 unspecified atom stereocenters. The number of nitrogens with one attached hydrogen (secondary N) is 1. The first-order chi connectivity index (χ1) is 12.8. The smallest absolute Gasteiger partial charge is 0.336 e. The maximum atomic E-state index is 12.6. The Hall–Kier alpha value is -2.87. The van der Waals surface area contributed by atoms with Gasteiger partial charge in [0.05, 0.1) is 28.6 Å². The van der Waals surface area contributed by atoms with E-state index in [-0.39, 0.29) is 23.4 Å². The van der Waals surface area contributed by atoms with Crippen molar-refractivity contribution in [2.24, 2.45) is 0 Å². The number of dihydropyridines is 1. The second-order valence-corrected chi connectivity index (χ2v) is 6.35. The van der Waals surface area contributed by atoms with Crippen molar-refractivity contribution < 1.29 is 24.4 Å². The van der Waals surface area contributed by atoms with E-state index in [0.29, 0.717) is 29.3 Å². The molecule has 1 aliphatic heterocycles. The molecule has 1 aromatic rings. The predicted molar refractivity (Wildman–Crippen MR) is 98.3 cm³/mol. The third-order valence-electron chi connectivity index (χ3n) is 4.14. The number of rotatable bonds is 7. The van der Waals surface area contributed by atoms with Gasteiger partial charge in [0.15, 0.2) is 0 Å². The summed E-state index contributed by atoms with van der Waals surface area (Å²) in [5.41, 5.74) is 0.962. The van der Waals surface area contributed by atoms with E-state index < -0.39 is 22.8 Å². The number of aliphatic carboxylic acids is 1. The van der Waals surface area contributed by atoms with Gasteiger partial charge in [-0.2, -0.15) is 0 Å². The van der Waals surface area contributed by atoms with Crippen LogP contribution in [0.3, 0.4) is 0 Å². The Labute approximate surface area is 160 Å². The molecule has 2 N–H and O–H groups in total. The summed E-state index contributed by atoms with van der Waals surface area (Å²) in [6, 6.07) is 5.58. The van der Waals surface area contributed by atoms with Crippen LogP contribution in [0.1, 0.15) is 31.7 Å². The van der Waals surface area contributed by atoms with Gasteiger partial charge in [-0.25, -0.2) is 9.59 Å². The molecule has 2 rings (SSSR count). The zero-order chi connectivity index (χ0) is 20.1. The van der Waals surface area contributed by atoms with E-state index in [9.17, 15) is 24.8 Å². The van der Waals surface area contributed by atoms with Crippen LogP contribution >= 0.6 is 11.6 Å². The number of carbonyl (C=O) groups excluding carboxylic acids is 1. The quantitative estimate of drug-likeness (QED) is 0.240. The van der Waals surface area contributed by atoms with Crippen molar-refractivity contribution in [3.05, 3.63) is 62.5 Å². The standard InChI is InChI=1S/C18H19ClN2O6/c1-10-14(17(22)23)16(12-5-3-6-13(9-12)21(25)26)15(11(2)20-10)18(24)27-8-4-7-19/h3,5-6,9,16,20H,4,7-8H2,1-2H3,(H,22,23). The fourth-order valence-corrected chi connectivity index (χ4v) is 3.11. The van der Waals surface area contributed by atoms with Crippen LogP contribution in [0.5, 0.6) is 0 Å². The molecule has 1 heterocycles. The third-order valence-corrected chi connectivity index (χ3v) is 4.40. The number of carboxylic acids is 1. The predicted octanol–water partition coefficient (Wildman–Crippen LogP) is 3.09. The molecule has 27 heavy (non-hydrogen) atoms. The van der Waals surface area contributed by atoms with E-state index in [4.69, 9.17) is 16.3 Å². The number of non-ortho nitro benzene ring substituents is 1. The summed E-state index contributed by atoms with van der Waals surface area (Å²) in [4.78, 5) is 35.1. The van der Waals surface area contributed by atoms with Gasteiger partial charge in [-0.1, -0.05) is 12.1 Å². The summed E-state index contributed by atoms with van der Waals surface area (Å²) in [5.74, 6) is -2.59. The van der Waals surface area contributed by atoms with Crippen LogP contribution in [0, 0.1) is 10.1 Å². The second-order valence-electron chi connectivity index (χ2n) is 5.97. The summed E-state index contributed by atoms with van der Waals surface area (Å²) in [7, 11) is 0. The number of hydrogen-bond donors (Lipinski definition) is 2. The Bertz CT molecular complexity index is 846. The van der Waals surface area contributed by atoms with E-state index in [1.165, 1.54) is 18.2 Å². The van der Waals surface area contributed by atoms with Crippen molar-refractivity contribution in [2.45, 2.75) is 26.2 Å². The Morgan fingerprint density at radius 2 is 1.96 bits per heavy atom. The topological polar surface area (TPSA) is 119 Å². The molecule has 0 aromatic heterocycles. The van der Waals surface area contributed by atoms with Crippen LogP contribution in [0.25, 0.3) is 0 Å². The second kappa shape index (κ2) is 8.68. The highest BCUT2D eigenvalue weighted by molar-refractivity contribution is 6.17. The number of alkyl halides is 1. The molecule has 1 atom stereocenters. The van der Waals surface area contributed by atoms with Crippen molar-refractivity contribution in [1.29, 1.82) is 0 Å². The highest BCUT2D eigenvalue weighted by atomic mass is 35.5. The van der Waals surface area contributed by atoms with Crippen molar-refractivity contribution >= 4 is 29.2 Å². The van der Waals surface area contributed by atoms with Crippen molar-refractivity contribution in [1.82, 2.24) is 5.32 Å². The van der Waals surface area contributed by atoms with Crippen LogP contribution < -0.4 is 5.32 Å². The molecule has 0 spiro atoms. The van der Waals surface area contributed by atoms with Gasteiger partial charge in [0.1, 0.15) is 0 Å². The normalized spacial score (nSPS) is 16.8. The van der Waals surface area contributed by atoms with Crippen LogP contribution in [-0.2, 0) is 14.3 Å². The number of ether oxygens (including phenoxy) is 1. The van der Waals surface area contributed by atoms with Crippen molar-refractivity contribution in [2.75, 3.05) is 12.5 Å². The average molecular weight is 395 g/mol. The molecule has 0 radical (unpaired) electrons. The lowest BCUT2D eigenvalue weighted by atomic mass is 9.80. The molecular weight excluding hydrogens is 376 g/mol. The molecule has 0 saturated carbocycles. The molecule has 0 bridgehead atoms. The molecule has 0 fully saturated rings. The van der Waals surface area contributed by atoms with Gasteiger partial charge >= 0.3 is 11.9 Å². The van der Waals surface area contributed by atoms with Gasteiger partial charge in [0, 0.05) is 29.4 Å². The van der Waals surface area contributed by atoms with Gasteiger partial charge < -0.3 is 15.2 Å². The number of esters is 1. The minimum Gasteiger partial charge on any atom is -0.478 e. The van der Waals surface area contributed by atoms with Crippen LogP contribution in [-0.4, -0.2) is 34.5 Å². The molecule has 1 aromatic carbocycles. The van der Waals surface area contributed by atoms with Crippen LogP contribution in [0.2, 0.25) is 0 Å². The Morgan fingerprint density at radius 3 is 2.56 bits per heavy atom. The highest BCUT2D eigenvalue weighted by Crippen LogP contribution is 2.39. The van der Waals surface area contributed by atoms with Gasteiger partial charge in [-0.15, -0.1) is 11.6 Å². The Morgan fingerprint density at radius 1 is 1.30 bits per heavy atom. The van der Waals surface area contributed by atoms with E-state index in [1.807, 2.05) is 0 Å². The Balaban J connectivity index is 2.57. The van der Waals surface area contributed by atoms with Gasteiger partial charge in [-0.05, 0) is 25.8 Å². The summed E-state index contributed by atoms with van der Waals surface area (Å²) in [6.07, 6.45) is 0.454. The number of nitrogens with zero attached hydrogens (tertiary/aromatic N) is 1. The lowest BCUT2D eigenvalue weighted by Gasteiger charge is -2.29. The van der Waals surface area contributed by atoms with Crippen molar-refractivity contribution in [3.8, 4) is 0 Å². The zero-order valence-corrected chi connectivity index (χ0v) is 15.6. The number of nitro benzene ring substituents is 1. The fourth-order valence-electron chi connectivity index (χ4n) is 3.00. The molecule has 9 heteroatoms. The van der Waals surface area contributed by atoms with E-state index >= 15 is 0 Å². The minimum absolute atomic E-state index is 0.0645. The minimum atomic E-state index is -1.23. The molecule has 0 amide bonds. The molecule has 0 aliphatic carbocycles. The van der Waals surface area contributed by atoms with E-state index in [0.717, 1.165) is 0 Å². The van der Waals surface area contributed by atoms with Crippen LogP contribution in [0.15, 0.2) is 46.8 Å². The first kappa shape index (κ1) is 20.4. The molecule has 0 saturated heterocycles. The number of allylic oxidation sites excluding steroid dienone is 2. The maximum absolute atomic E-state index is 12.6. The van der Waals surface area contributed by atoms with Crippen LogP contribution in [0.4, 0.5) is 5.69 Å². The lowest BCUT2D eigenvalue weighted by Crippen LogP contribution is -2.32. The Kier molecular flexibility index (Phi) is 6.57. The van der Waals surface area contributed by atoms with Crippen molar-refractivity contribution in [3.63, 3.8) is 0 Å². The van der Waals surface area contributed by atoms with E-state index in [2.05, 4.69) is 5.32 Å². The first-order valence-corrected chi connectivity index (χ1v) is 8.70. The van der Waals surface area contributed by atoms with Gasteiger partial charge in [0.25, 0.3) is 5.69 Å². The molecule has 8 nitrogen and oxygen atoms in total. The number of hydrogen-bond acceptors (Lipinski definition) is 6. The number of carboxylic acid groups (broad SMARTS) is 1. The van der Waals surface area contributed by atoms with Gasteiger partial charge in [0.2, 0.25) is 0 Å². The number of halogens is 1. The molecular formula is C18H19ClN2O6. The summed E-state index contributed by atoms with van der Waals surface area (Å²) in [5, 5.41) is 23.7. The SMILES string of the molecule is CC1=C(C(=O)O)C(c2cccc([N+](=O)[O-])c2)C(C(=O)OCCCCl)=C(C)N1. The fraction of sp³-hybridized carbons (Fsp3) is 0.333. The molecule has 144 valence electrons. The van der Waals surface area contributed by atoms with Gasteiger partial charge in [-0.3, -0.25) is 10.1 Å². The summed E-state index contributed by atoms with van der Waals surface area (Å²) >= 11 is 5.59. The highest BCUT2D eigenvalue weighted by Gasteiger charge is 2.37. The number of carbonyl (C=O) groups is 2. The number of nitro groups is 1. The average Bonchev–Trinajstić information content (AvgIpc) is 2.60.